The van der Waals surface area contributed by atoms with Crippen LogP contribution in [0.25, 0.3) is 0 Å². The number of hydrogen-bond donors (Lipinski definition) is 0. The predicted octanol–water partition coefficient (Wildman–Crippen LogP) is 3.19. The molecule has 1 aromatic heterocycles. The van der Waals surface area contributed by atoms with E-state index in [0.29, 0.717) is 17.7 Å². The SMILES string of the molecule is O=C(c1ccccc1)c1ccc(OCCn2ccnc2)cc1. The second-order valence-corrected chi connectivity index (χ2v) is 4.87. The van der Waals surface area contributed by atoms with Crippen molar-refractivity contribution in [2.24, 2.45) is 0 Å². The summed E-state index contributed by atoms with van der Waals surface area (Å²) in [5.74, 6) is 0.773. The number of carbonyl (C=O) groups excluding carboxylic acids is 1. The summed E-state index contributed by atoms with van der Waals surface area (Å²) in [6, 6.07) is 16.5. The zero-order valence-electron chi connectivity index (χ0n) is 12.1. The first kappa shape index (κ1) is 14.1. The van der Waals surface area contributed by atoms with E-state index < -0.39 is 0 Å². The summed E-state index contributed by atoms with van der Waals surface area (Å²) >= 11 is 0. The lowest BCUT2D eigenvalue weighted by Crippen LogP contribution is -2.06. The van der Waals surface area contributed by atoms with Gasteiger partial charge in [0.15, 0.2) is 5.78 Å². The molecule has 0 aliphatic rings. The van der Waals surface area contributed by atoms with Crippen molar-refractivity contribution >= 4 is 5.78 Å². The minimum absolute atomic E-state index is 0.0190. The van der Waals surface area contributed by atoms with Crippen LogP contribution in [0.4, 0.5) is 0 Å². The van der Waals surface area contributed by atoms with Crippen molar-refractivity contribution in [3.8, 4) is 5.75 Å². The van der Waals surface area contributed by atoms with Gasteiger partial charge in [0.25, 0.3) is 0 Å². The summed E-state index contributed by atoms with van der Waals surface area (Å²) in [4.78, 5) is 16.3. The predicted molar refractivity (Wildman–Crippen MR) is 84.0 cm³/mol. The first-order valence-electron chi connectivity index (χ1n) is 7.11. The monoisotopic (exact) mass is 292 g/mol. The Morgan fingerprint density at radius 2 is 1.73 bits per heavy atom. The molecule has 0 bridgehead atoms. The van der Waals surface area contributed by atoms with Gasteiger partial charge in [0.05, 0.1) is 12.9 Å². The van der Waals surface area contributed by atoms with Crippen molar-refractivity contribution in [2.45, 2.75) is 6.54 Å². The van der Waals surface area contributed by atoms with E-state index >= 15 is 0 Å². The van der Waals surface area contributed by atoms with Crippen LogP contribution in [0, 0.1) is 0 Å². The number of ether oxygens (including phenoxy) is 1. The number of hydrogen-bond acceptors (Lipinski definition) is 3. The molecule has 0 aliphatic carbocycles. The Labute approximate surface area is 129 Å². The maximum Gasteiger partial charge on any atom is 0.193 e. The topological polar surface area (TPSA) is 44.1 Å². The molecule has 0 spiro atoms. The molecule has 1 heterocycles. The Bertz CT molecular complexity index is 720. The van der Waals surface area contributed by atoms with Gasteiger partial charge in [-0.15, -0.1) is 0 Å². The minimum atomic E-state index is 0.0190. The average Bonchev–Trinajstić information content (AvgIpc) is 3.09. The summed E-state index contributed by atoms with van der Waals surface area (Å²) in [6.07, 6.45) is 5.39. The number of imidazole rings is 1. The van der Waals surface area contributed by atoms with E-state index in [-0.39, 0.29) is 5.78 Å². The number of carbonyl (C=O) groups is 1. The van der Waals surface area contributed by atoms with Crippen LogP contribution in [0.1, 0.15) is 15.9 Å². The van der Waals surface area contributed by atoms with Gasteiger partial charge in [0, 0.05) is 23.5 Å². The number of nitrogens with zero attached hydrogens (tertiary/aromatic N) is 2. The molecule has 2 aromatic carbocycles. The average molecular weight is 292 g/mol. The van der Waals surface area contributed by atoms with Crippen molar-refractivity contribution in [1.82, 2.24) is 9.55 Å². The summed E-state index contributed by atoms with van der Waals surface area (Å²) < 4.78 is 7.61. The second-order valence-electron chi connectivity index (χ2n) is 4.87. The van der Waals surface area contributed by atoms with Gasteiger partial charge in [-0.1, -0.05) is 30.3 Å². The van der Waals surface area contributed by atoms with E-state index in [4.69, 9.17) is 4.74 Å². The highest BCUT2D eigenvalue weighted by molar-refractivity contribution is 6.08. The van der Waals surface area contributed by atoms with Gasteiger partial charge in [0.1, 0.15) is 12.4 Å². The third-order valence-corrected chi connectivity index (χ3v) is 3.33. The van der Waals surface area contributed by atoms with Gasteiger partial charge < -0.3 is 9.30 Å². The maximum absolute atomic E-state index is 12.3. The quantitative estimate of drug-likeness (QED) is 0.655. The maximum atomic E-state index is 12.3. The third-order valence-electron chi connectivity index (χ3n) is 3.33. The zero-order chi connectivity index (χ0) is 15.2. The molecule has 0 saturated carbocycles. The van der Waals surface area contributed by atoms with E-state index in [1.165, 1.54) is 0 Å². The van der Waals surface area contributed by atoms with Gasteiger partial charge in [-0.2, -0.15) is 0 Å². The molecule has 0 aliphatic heterocycles. The molecular formula is C18H16N2O2. The summed E-state index contributed by atoms with van der Waals surface area (Å²) in [7, 11) is 0. The van der Waals surface area contributed by atoms with Crippen LogP contribution < -0.4 is 4.74 Å². The highest BCUT2D eigenvalue weighted by atomic mass is 16.5. The van der Waals surface area contributed by atoms with Gasteiger partial charge in [0.2, 0.25) is 0 Å². The molecular weight excluding hydrogens is 276 g/mol. The number of aromatic nitrogens is 2. The summed E-state index contributed by atoms with van der Waals surface area (Å²) in [5.41, 5.74) is 1.35. The first-order valence-corrected chi connectivity index (χ1v) is 7.11. The van der Waals surface area contributed by atoms with E-state index in [9.17, 15) is 4.79 Å². The standard InChI is InChI=1S/C18H16N2O2/c21-18(15-4-2-1-3-5-15)16-6-8-17(9-7-16)22-13-12-20-11-10-19-14-20/h1-11,14H,12-13H2. The summed E-state index contributed by atoms with van der Waals surface area (Å²) in [6.45, 7) is 1.30. The van der Waals surface area contributed by atoms with Crippen molar-refractivity contribution in [3.63, 3.8) is 0 Å². The molecule has 0 fully saturated rings. The molecule has 110 valence electrons. The van der Waals surface area contributed by atoms with Crippen molar-refractivity contribution in [3.05, 3.63) is 84.4 Å². The van der Waals surface area contributed by atoms with E-state index in [2.05, 4.69) is 4.98 Å². The lowest BCUT2D eigenvalue weighted by Gasteiger charge is -2.07. The van der Waals surface area contributed by atoms with Gasteiger partial charge in [-0.3, -0.25) is 4.79 Å². The fourth-order valence-electron chi connectivity index (χ4n) is 2.15. The van der Waals surface area contributed by atoms with Crippen LogP contribution in [-0.4, -0.2) is 21.9 Å². The van der Waals surface area contributed by atoms with Gasteiger partial charge in [-0.25, -0.2) is 4.98 Å². The molecule has 0 atom stereocenters. The minimum Gasteiger partial charge on any atom is -0.492 e. The second kappa shape index (κ2) is 6.72. The van der Waals surface area contributed by atoms with E-state index in [1.807, 2.05) is 53.2 Å². The Morgan fingerprint density at radius 1 is 1.00 bits per heavy atom. The van der Waals surface area contributed by atoms with Crippen molar-refractivity contribution in [1.29, 1.82) is 0 Å². The molecule has 0 saturated heterocycles. The number of benzene rings is 2. The molecule has 3 rings (SSSR count). The largest absolute Gasteiger partial charge is 0.492 e. The fraction of sp³-hybridized carbons (Fsp3) is 0.111. The van der Waals surface area contributed by atoms with Crippen molar-refractivity contribution in [2.75, 3.05) is 6.61 Å². The molecule has 4 nitrogen and oxygen atoms in total. The molecule has 0 amide bonds. The Morgan fingerprint density at radius 3 is 2.41 bits per heavy atom. The molecule has 4 heteroatoms. The fourth-order valence-corrected chi connectivity index (χ4v) is 2.15. The van der Waals surface area contributed by atoms with E-state index in [1.54, 1.807) is 24.7 Å². The smallest absolute Gasteiger partial charge is 0.193 e. The van der Waals surface area contributed by atoms with Gasteiger partial charge in [-0.05, 0) is 24.3 Å². The zero-order valence-corrected chi connectivity index (χ0v) is 12.1. The van der Waals surface area contributed by atoms with Crippen LogP contribution in [-0.2, 0) is 6.54 Å². The molecule has 22 heavy (non-hydrogen) atoms. The number of rotatable bonds is 6. The van der Waals surface area contributed by atoms with E-state index in [0.717, 1.165) is 12.3 Å². The normalized spacial score (nSPS) is 10.4. The Balaban J connectivity index is 1.59. The van der Waals surface area contributed by atoms with Crippen LogP contribution >= 0.6 is 0 Å². The lowest BCUT2D eigenvalue weighted by molar-refractivity contribution is 0.103. The first-order chi connectivity index (χ1) is 10.8. The van der Waals surface area contributed by atoms with Crippen LogP contribution in [0.2, 0.25) is 0 Å². The third kappa shape index (κ3) is 3.41. The lowest BCUT2D eigenvalue weighted by atomic mass is 10.0. The van der Waals surface area contributed by atoms with Crippen LogP contribution in [0.5, 0.6) is 5.75 Å². The highest BCUT2D eigenvalue weighted by Crippen LogP contribution is 2.15. The number of ketones is 1. The highest BCUT2D eigenvalue weighted by Gasteiger charge is 2.08. The summed E-state index contributed by atoms with van der Waals surface area (Å²) in [5, 5.41) is 0. The van der Waals surface area contributed by atoms with Crippen LogP contribution in [0.3, 0.4) is 0 Å². The molecule has 0 radical (unpaired) electrons. The van der Waals surface area contributed by atoms with Crippen LogP contribution in [0.15, 0.2) is 73.3 Å². The molecule has 0 N–H and O–H groups in total. The molecule has 3 aromatic rings. The Kier molecular flexibility index (Phi) is 4.30. The van der Waals surface area contributed by atoms with Gasteiger partial charge >= 0.3 is 0 Å². The van der Waals surface area contributed by atoms with Crippen molar-refractivity contribution < 1.29 is 9.53 Å². The Hall–Kier alpha value is -2.88. The molecule has 0 unspecified atom stereocenters.